The molecule has 2 nitrogen and oxygen atoms in total. The second kappa shape index (κ2) is 4.56. The summed E-state index contributed by atoms with van der Waals surface area (Å²) in [6.07, 6.45) is 6.59. The van der Waals surface area contributed by atoms with Crippen LogP contribution in [-0.4, -0.2) is 23.9 Å². The summed E-state index contributed by atoms with van der Waals surface area (Å²) in [5, 5.41) is 0. The van der Waals surface area contributed by atoms with Crippen LogP contribution >= 0.6 is 0 Å². The minimum Gasteiger partial charge on any atom is -0.338 e. The summed E-state index contributed by atoms with van der Waals surface area (Å²) in [5.41, 5.74) is 0.586. The summed E-state index contributed by atoms with van der Waals surface area (Å²) in [7, 11) is 0. The Balaban J connectivity index is 1.73. The molecule has 0 aromatic heterocycles. The molecule has 1 fully saturated rings. The van der Waals surface area contributed by atoms with Gasteiger partial charge < -0.3 is 4.90 Å². The van der Waals surface area contributed by atoms with Crippen LogP contribution in [0.2, 0.25) is 0 Å². The molecular formula is C15H16FNO. The van der Waals surface area contributed by atoms with Crippen LogP contribution in [0.5, 0.6) is 0 Å². The molecule has 0 saturated carbocycles. The van der Waals surface area contributed by atoms with Crippen molar-refractivity contribution in [2.45, 2.75) is 12.8 Å². The fraction of sp³-hybridized carbons (Fsp3) is 0.400. The molecule has 18 heavy (non-hydrogen) atoms. The van der Waals surface area contributed by atoms with E-state index in [1.54, 1.807) is 12.1 Å². The third kappa shape index (κ3) is 2.05. The first kappa shape index (κ1) is 11.5. The van der Waals surface area contributed by atoms with Crippen molar-refractivity contribution in [3.8, 4) is 0 Å². The molecule has 3 heteroatoms. The molecule has 1 amide bonds. The predicted octanol–water partition coefficient (Wildman–Crippen LogP) is 2.86. The molecule has 2 aliphatic rings. The van der Waals surface area contributed by atoms with E-state index in [0.29, 0.717) is 17.4 Å². The maximum atomic E-state index is 12.8. The molecule has 94 valence electrons. The second-order valence-corrected chi connectivity index (χ2v) is 5.18. The summed E-state index contributed by atoms with van der Waals surface area (Å²) < 4.78 is 12.8. The molecule has 2 atom stereocenters. The van der Waals surface area contributed by atoms with Crippen molar-refractivity contribution in [1.29, 1.82) is 0 Å². The monoisotopic (exact) mass is 245 g/mol. The number of likely N-dealkylation sites (tertiary alicyclic amines) is 1. The van der Waals surface area contributed by atoms with Crippen LogP contribution in [0.4, 0.5) is 4.39 Å². The number of benzene rings is 1. The highest BCUT2D eigenvalue weighted by atomic mass is 19.1. The third-order valence-corrected chi connectivity index (χ3v) is 4.00. The zero-order valence-corrected chi connectivity index (χ0v) is 10.2. The molecule has 1 aromatic carbocycles. The van der Waals surface area contributed by atoms with Crippen LogP contribution in [0.1, 0.15) is 23.2 Å². The fourth-order valence-electron chi connectivity index (χ4n) is 2.96. The molecular weight excluding hydrogens is 229 g/mol. The Morgan fingerprint density at radius 1 is 1.06 bits per heavy atom. The molecule has 0 spiro atoms. The quantitative estimate of drug-likeness (QED) is 0.697. The van der Waals surface area contributed by atoms with Crippen LogP contribution in [-0.2, 0) is 0 Å². The highest BCUT2D eigenvalue weighted by molar-refractivity contribution is 5.94. The van der Waals surface area contributed by atoms with E-state index in [-0.39, 0.29) is 11.7 Å². The average Bonchev–Trinajstić information content (AvgIpc) is 2.82. The van der Waals surface area contributed by atoms with Crippen molar-refractivity contribution >= 4 is 5.91 Å². The minimum atomic E-state index is -0.300. The van der Waals surface area contributed by atoms with Gasteiger partial charge in [-0.15, -0.1) is 0 Å². The molecule has 2 unspecified atom stereocenters. The van der Waals surface area contributed by atoms with Crippen molar-refractivity contribution in [2.24, 2.45) is 11.8 Å². The van der Waals surface area contributed by atoms with Gasteiger partial charge in [-0.1, -0.05) is 12.2 Å². The van der Waals surface area contributed by atoms with E-state index >= 15 is 0 Å². The number of rotatable bonds is 1. The number of halogens is 1. The zero-order chi connectivity index (χ0) is 12.5. The number of hydrogen-bond acceptors (Lipinski definition) is 1. The predicted molar refractivity (Wildman–Crippen MR) is 67.7 cm³/mol. The number of nitrogens with zero attached hydrogens (tertiary/aromatic N) is 1. The Morgan fingerprint density at radius 2 is 1.61 bits per heavy atom. The van der Waals surface area contributed by atoms with Crippen LogP contribution < -0.4 is 0 Å². The topological polar surface area (TPSA) is 20.3 Å². The molecule has 1 saturated heterocycles. The van der Waals surface area contributed by atoms with Gasteiger partial charge in [0.2, 0.25) is 0 Å². The van der Waals surface area contributed by atoms with Crippen molar-refractivity contribution in [1.82, 2.24) is 4.90 Å². The van der Waals surface area contributed by atoms with Gasteiger partial charge in [0, 0.05) is 18.7 Å². The third-order valence-electron chi connectivity index (χ3n) is 4.00. The summed E-state index contributed by atoms with van der Waals surface area (Å²) in [5.74, 6) is 0.953. The molecule has 1 aliphatic heterocycles. The highest BCUT2D eigenvalue weighted by Gasteiger charge is 2.35. The molecule has 0 N–H and O–H groups in total. The van der Waals surface area contributed by atoms with Crippen LogP contribution in [0.3, 0.4) is 0 Å². The average molecular weight is 245 g/mol. The Kier molecular flexibility index (Phi) is 2.90. The second-order valence-electron chi connectivity index (χ2n) is 5.18. The lowest BCUT2D eigenvalue weighted by molar-refractivity contribution is 0.0784. The van der Waals surface area contributed by atoms with Crippen molar-refractivity contribution in [3.63, 3.8) is 0 Å². The Morgan fingerprint density at radius 3 is 2.17 bits per heavy atom. The van der Waals surface area contributed by atoms with Gasteiger partial charge in [-0.05, 0) is 48.9 Å². The van der Waals surface area contributed by atoms with Gasteiger partial charge in [0.05, 0.1) is 0 Å². The van der Waals surface area contributed by atoms with Gasteiger partial charge in [-0.3, -0.25) is 4.79 Å². The Labute approximate surface area is 106 Å². The first-order valence-corrected chi connectivity index (χ1v) is 6.44. The maximum absolute atomic E-state index is 12.8. The van der Waals surface area contributed by atoms with E-state index in [1.807, 2.05) is 4.90 Å². The number of allylic oxidation sites excluding steroid dienone is 2. The number of hydrogen-bond donors (Lipinski definition) is 0. The molecule has 3 rings (SSSR count). The Hall–Kier alpha value is -1.64. The summed E-state index contributed by atoms with van der Waals surface area (Å²) in [4.78, 5) is 14.2. The summed E-state index contributed by atoms with van der Waals surface area (Å²) in [6, 6.07) is 5.83. The van der Waals surface area contributed by atoms with Crippen LogP contribution in [0, 0.1) is 17.7 Å². The molecule has 0 bridgehead atoms. The van der Waals surface area contributed by atoms with Crippen molar-refractivity contribution in [2.75, 3.05) is 13.1 Å². The lowest BCUT2D eigenvalue weighted by Gasteiger charge is -2.17. The van der Waals surface area contributed by atoms with Crippen LogP contribution in [0.25, 0.3) is 0 Å². The minimum absolute atomic E-state index is 0.0319. The van der Waals surface area contributed by atoms with Gasteiger partial charge in [0.1, 0.15) is 5.82 Å². The van der Waals surface area contributed by atoms with Crippen molar-refractivity contribution < 1.29 is 9.18 Å². The normalized spacial score (nSPS) is 26.2. The summed E-state index contributed by atoms with van der Waals surface area (Å²) >= 11 is 0. The number of carbonyl (C=O) groups excluding carboxylic acids is 1. The standard InChI is InChI=1S/C15H16FNO/c16-14-7-5-11(6-8-14)15(18)17-9-12-3-1-2-4-13(12)10-17/h1-2,5-8,12-13H,3-4,9-10H2. The number of fused-ring (bicyclic) bond motifs is 1. The highest BCUT2D eigenvalue weighted by Crippen LogP contribution is 2.33. The Bertz CT molecular complexity index is 464. The van der Waals surface area contributed by atoms with E-state index in [0.717, 1.165) is 25.9 Å². The number of carbonyl (C=O) groups is 1. The molecule has 1 heterocycles. The van der Waals surface area contributed by atoms with E-state index in [4.69, 9.17) is 0 Å². The zero-order valence-electron chi connectivity index (χ0n) is 10.2. The van der Waals surface area contributed by atoms with E-state index < -0.39 is 0 Å². The van der Waals surface area contributed by atoms with E-state index in [9.17, 15) is 9.18 Å². The van der Waals surface area contributed by atoms with E-state index in [2.05, 4.69) is 12.2 Å². The largest absolute Gasteiger partial charge is 0.338 e. The fourth-order valence-corrected chi connectivity index (χ4v) is 2.96. The lowest BCUT2D eigenvalue weighted by Crippen LogP contribution is -2.28. The number of amides is 1. The SMILES string of the molecule is O=C(c1ccc(F)cc1)N1CC2CC=CCC2C1. The first-order valence-electron chi connectivity index (χ1n) is 6.44. The van der Waals surface area contributed by atoms with E-state index in [1.165, 1.54) is 12.1 Å². The molecule has 1 aliphatic carbocycles. The van der Waals surface area contributed by atoms with Crippen LogP contribution in [0.15, 0.2) is 36.4 Å². The van der Waals surface area contributed by atoms with Crippen molar-refractivity contribution in [3.05, 3.63) is 47.8 Å². The van der Waals surface area contributed by atoms with Gasteiger partial charge in [0.25, 0.3) is 5.91 Å². The molecule has 0 radical (unpaired) electrons. The first-order chi connectivity index (χ1) is 8.74. The smallest absolute Gasteiger partial charge is 0.253 e. The van der Waals surface area contributed by atoms with Gasteiger partial charge in [-0.2, -0.15) is 0 Å². The summed E-state index contributed by atoms with van der Waals surface area (Å²) in [6.45, 7) is 1.68. The lowest BCUT2D eigenvalue weighted by atomic mass is 9.86. The molecule has 1 aromatic rings. The maximum Gasteiger partial charge on any atom is 0.253 e. The van der Waals surface area contributed by atoms with Gasteiger partial charge in [0.15, 0.2) is 0 Å². The van der Waals surface area contributed by atoms with Gasteiger partial charge in [-0.25, -0.2) is 4.39 Å². The van der Waals surface area contributed by atoms with Gasteiger partial charge >= 0.3 is 0 Å².